The minimum atomic E-state index is -0.380. The molecule has 0 aliphatic rings. The molecule has 0 heterocycles. The van der Waals surface area contributed by atoms with Crippen LogP contribution in [0.1, 0.15) is 34.6 Å². The summed E-state index contributed by atoms with van der Waals surface area (Å²) in [5, 5.41) is 0. The average Bonchev–Trinajstić information content (AvgIpc) is 2.01. The minimum Gasteiger partial charge on any atom is -0.295 e. The van der Waals surface area contributed by atoms with Crippen LogP contribution >= 0.6 is 0 Å². The van der Waals surface area contributed by atoms with Gasteiger partial charge in [-0.1, -0.05) is 19.9 Å². The number of Topliss-reactive ketones (excluding diaryl/α,β-unsaturated/α-hetero) is 2. The number of hydrogen-bond donors (Lipinski definition) is 0. The van der Waals surface area contributed by atoms with Crippen LogP contribution in [-0.4, -0.2) is 17.3 Å². The highest BCUT2D eigenvalue weighted by Crippen LogP contribution is 1.92. The summed E-state index contributed by atoms with van der Waals surface area (Å²) in [6, 6.07) is 0. The van der Waals surface area contributed by atoms with Crippen molar-refractivity contribution in [1.29, 1.82) is 0 Å². The molecule has 0 unspecified atom stereocenters. The van der Waals surface area contributed by atoms with Gasteiger partial charge < -0.3 is 0 Å². The highest BCUT2D eigenvalue weighted by molar-refractivity contribution is 6.35. The van der Waals surface area contributed by atoms with Crippen LogP contribution in [0, 0.1) is 5.92 Å². The van der Waals surface area contributed by atoms with Gasteiger partial charge in [-0.15, -0.1) is 0 Å². The van der Waals surface area contributed by atoms with Crippen LogP contribution in [0.2, 0.25) is 0 Å². The lowest BCUT2D eigenvalue weighted by molar-refractivity contribution is -0.134. The van der Waals surface area contributed by atoms with E-state index in [2.05, 4.69) is 0 Å². The highest BCUT2D eigenvalue weighted by atomic mass is 16.2. The van der Waals surface area contributed by atoms with Crippen LogP contribution in [0.25, 0.3) is 0 Å². The summed E-state index contributed by atoms with van der Waals surface area (Å²) >= 11 is 0. The fraction of sp³-hybridized carbons (Fsp3) is 0.545. The Bertz CT molecular complexity index is 225. The number of allylic oxidation sites excluding steroid dienone is 2. The van der Waals surface area contributed by atoms with Gasteiger partial charge in [-0.3, -0.25) is 14.4 Å². The second-order valence-corrected chi connectivity index (χ2v) is 3.33. The van der Waals surface area contributed by atoms with Gasteiger partial charge in [-0.25, -0.2) is 0 Å². The number of hydrogen-bond acceptors (Lipinski definition) is 3. The Morgan fingerprint density at radius 3 is 1.36 bits per heavy atom. The molecule has 0 fully saturated rings. The molecule has 0 aromatic carbocycles. The predicted molar refractivity (Wildman–Crippen MR) is 56.0 cm³/mol. The quantitative estimate of drug-likeness (QED) is 0.514. The second kappa shape index (κ2) is 8.35. The smallest absolute Gasteiger partial charge is 0.195 e. The number of ketones is 3. The number of rotatable bonds is 3. The number of carbonyl (C=O) groups excluding carboxylic acids is 3. The first-order valence-electron chi connectivity index (χ1n) is 4.47. The first-order chi connectivity index (χ1) is 6.27. The molecule has 0 aliphatic carbocycles. The molecule has 0 aromatic rings. The summed E-state index contributed by atoms with van der Waals surface area (Å²) in [4.78, 5) is 29.8. The van der Waals surface area contributed by atoms with Crippen molar-refractivity contribution >= 4 is 17.3 Å². The van der Waals surface area contributed by atoms with Gasteiger partial charge in [0, 0.05) is 13.8 Å². The number of carbonyl (C=O) groups is 3. The highest BCUT2D eigenvalue weighted by Gasteiger charge is 1.94. The lowest BCUT2D eigenvalue weighted by Crippen LogP contribution is -2.01. The van der Waals surface area contributed by atoms with E-state index in [1.165, 1.54) is 13.8 Å². The summed E-state index contributed by atoms with van der Waals surface area (Å²) < 4.78 is 0. The topological polar surface area (TPSA) is 51.2 Å². The monoisotopic (exact) mass is 198 g/mol. The van der Waals surface area contributed by atoms with Crippen LogP contribution in [0.3, 0.4) is 0 Å². The molecule has 0 radical (unpaired) electrons. The van der Waals surface area contributed by atoms with Gasteiger partial charge in [-0.2, -0.15) is 0 Å². The third kappa shape index (κ3) is 17.0. The van der Waals surface area contributed by atoms with Gasteiger partial charge in [0.2, 0.25) is 0 Å². The van der Waals surface area contributed by atoms with Crippen LogP contribution in [0.15, 0.2) is 12.2 Å². The van der Waals surface area contributed by atoms with E-state index in [9.17, 15) is 14.4 Å². The summed E-state index contributed by atoms with van der Waals surface area (Å²) in [5.74, 6) is -0.150. The van der Waals surface area contributed by atoms with E-state index in [0.29, 0.717) is 5.92 Å². The van der Waals surface area contributed by atoms with Crippen molar-refractivity contribution in [1.82, 2.24) is 0 Å². The molecule has 0 aliphatic heterocycles. The molecule has 0 bridgehead atoms. The maximum atomic E-state index is 10.3. The molecule has 3 heteroatoms. The third-order valence-corrected chi connectivity index (χ3v) is 1.21. The second-order valence-electron chi connectivity index (χ2n) is 3.33. The van der Waals surface area contributed by atoms with Crippen molar-refractivity contribution in [3.63, 3.8) is 0 Å². The molecule has 3 nitrogen and oxygen atoms in total. The van der Waals surface area contributed by atoms with Crippen LogP contribution in [-0.2, 0) is 14.4 Å². The minimum absolute atomic E-state index is 0.124. The van der Waals surface area contributed by atoms with Gasteiger partial charge >= 0.3 is 0 Å². The summed E-state index contributed by atoms with van der Waals surface area (Å²) in [5.41, 5.74) is 0. The van der Waals surface area contributed by atoms with Gasteiger partial charge in [0.05, 0.1) is 0 Å². The Morgan fingerprint density at radius 1 is 0.929 bits per heavy atom. The van der Waals surface area contributed by atoms with E-state index in [0.717, 1.165) is 0 Å². The van der Waals surface area contributed by atoms with E-state index in [1.807, 2.05) is 19.9 Å². The van der Waals surface area contributed by atoms with E-state index in [-0.39, 0.29) is 17.3 Å². The van der Waals surface area contributed by atoms with Crippen LogP contribution in [0.4, 0.5) is 0 Å². The summed E-state index contributed by atoms with van der Waals surface area (Å²) in [7, 11) is 0. The van der Waals surface area contributed by atoms with Crippen molar-refractivity contribution in [2.45, 2.75) is 34.6 Å². The maximum Gasteiger partial charge on any atom is 0.195 e. The van der Waals surface area contributed by atoms with Crippen molar-refractivity contribution in [2.75, 3.05) is 0 Å². The van der Waals surface area contributed by atoms with E-state index in [4.69, 9.17) is 0 Å². The SMILES string of the molecule is CC(=O)C(C)=O.CC(=O)C=CC(C)C. The van der Waals surface area contributed by atoms with E-state index >= 15 is 0 Å². The van der Waals surface area contributed by atoms with Crippen molar-refractivity contribution < 1.29 is 14.4 Å². The Hall–Kier alpha value is -1.25. The lowest BCUT2D eigenvalue weighted by Gasteiger charge is -1.88. The van der Waals surface area contributed by atoms with Crippen LogP contribution < -0.4 is 0 Å². The van der Waals surface area contributed by atoms with E-state index in [1.54, 1.807) is 13.0 Å². The zero-order valence-corrected chi connectivity index (χ0v) is 9.46. The first kappa shape index (κ1) is 15.2. The van der Waals surface area contributed by atoms with Gasteiger partial charge in [0.25, 0.3) is 0 Å². The normalized spacial score (nSPS) is 9.57. The standard InChI is InChI=1S/C7H12O.C4H6O2/c1-6(2)4-5-7(3)8;1-3(5)4(2)6/h4-6H,1-3H3;1-2H3. The molecule has 0 rings (SSSR count). The molecule has 0 atom stereocenters. The zero-order valence-electron chi connectivity index (χ0n) is 9.46. The average molecular weight is 198 g/mol. The van der Waals surface area contributed by atoms with E-state index < -0.39 is 0 Å². The van der Waals surface area contributed by atoms with Gasteiger partial charge in [0.1, 0.15) is 0 Å². The Kier molecular flexibility index (Phi) is 9.09. The largest absolute Gasteiger partial charge is 0.295 e. The molecule has 0 aromatic heterocycles. The maximum absolute atomic E-state index is 10.3. The molecule has 0 spiro atoms. The predicted octanol–water partition coefficient (Wildman–Crippen LogP) is 1.95. The molecular weight excluding hydrogens is 180 g/mol. The molecule has 0 saturated heterocycles. The molecular formula is C11H18O3. The summed E-state index contributed by atoms with van der Waals surface area (Å²) in [6.07, 6.45) is 3.49. The fourth-order valence-electron chi connectivity index (χ4n) is 0.328. The van der Waals surface area contributed by atoms with Gasteiger partial charge in [-0.05, 0) is 18.9 Å². The molecule has 80 valence electrons. The molecule has 0 N–H and O–H groups in total. The first-order valence-corrected chi connectivity index (χ1v) is 4.47. The summed E-state index contributed by atoms with van der Waals surface area (Å²) in [6.45, 7) is 8.14. The zero-order chi connectivity index (χ0) is 11.7. The lowest BCUT2D eigenvalue weighted by atomic mass is 10.2. The Morgan fingerprint density at radius 2 is 1.29 bits per heavy atom. The Balaban J connectivity index is 0. The molecule has 0 saturated carbocycles. The van der Waals surface area contributed by atoms with Crippen molar-refractivity contribution in [3.05, 3.63) is 12.2 Å². The fourth-order valence-corrected chi connectivity index (χ4v) is 0.328. The Labute approximate surface area is 85.2 Å². The molecule has 14 heavy (non-hydrogen) atoms. The third-order valence-electron chi connectivity index (χ3n) is 1.21. The van der Waals surface area contributed by atoms with Gasteiger partial charge in [0.15, 0.2) is 17.3 Å². The molecule has 0 amide bonds. The van der Waals surface area contributed by atoms with Crippen LogP contribution in [0.5, 0.6) is 0 Å². The van der Waals surface area contributed by atoms with Crippen molar-refractivity contribution in [2.24, 2.45) is 5.92 Å². The van der Waals surface area contributed by atoms with Crippen molar-refractivity contribution in [3.8, 4) is 0 Å².